The fourth-order valence-electron chi connectivity index (χ4n) is 3.62. The summed E-state index contributed by atoms with van der Waals surface area (Å²) in [6.07, 6.45) is 11.6. The molecule has 0 amide bonds. The molecule has 0 bridgehead atoms. The summed E-state index contributed by atoms with van der Waals surface area (Å²) < 4.78 is 12.9. The van der Waals surface area contributed by atoms with Crippen LogP contribution < -0.4 is 14.4 Å². The minimum absolute atomic E-state index is 0.491. The maximum atomic E-state index is 5.86. The van der Waals surface area contributed by atoms with E-state index in [4.69, 9.17) is 14.5 Å². The van der Waals surface area contributed by atoms with Crippen LogP contribution in [0.2, 0.25) is 0 Å². The van der Waals surface area contributed by atoms with Crippen molar-refractivity contribution in [3.8, 4) is 17.4 Å². The lowest BCUT2D eigenvalue weighted by Gasteiger charge is -2.26. The SMILES string of the molecule is COc1ccc(OCCCC2CCCN2c2ccnc(-n3ccnc3)n2)cc1. The monoisotopic (exact) mass is 379 g/mol. The second kappa shape index (κ2) is 8.73. The molecule has 1 aliphatic rings. The summed E-state index contributed by atoms with van der Waals surface area (Å²) in [6, 6.07) is 10.2. The predicted octanol–water partition coefficient (Wildman–Crippen LogP) is 3.50. The average Bonchev–Trinajstić information content (AvgIpc) is 3.44. The van der Waals surface area contributed by atoms with Crippen LogP contribution in [0.5, 0.6) is 11.5 Å². The lowest BCUT2D eigenvalue weighted by molar-refractivity contribution is 0.300. The maximum Gasteiger partial charge on any atom is 0.236 e. The Bertz CT molecular complexity index is 867. The zero-order chi connectivity index (χ0) is 19.2. The molecule has 1 saturated heterocycles. The predicted molar refractivity (Wildman–Crippen MR) is 107 cm³/mol. The Morgan fingerprint density at radius 2 is 1.96 bits per heavy atom. The van der Waals surface area contributed by atoms with E-state index < -0.39 is 0 Å². The molecule has 28 heavy (non-hydrogen) atoms. The van der Waals surface area contributed by atoms with Crippen molar-refractivity contribution >= 4 is 5.82 Å². The molecule has 1 aromatic carbocycles. The van der Waals surface area contributed by atoms with Crippen molar-refractivity contribution in [2.45, 2.75) is 31.7 Å². The second-order valence-corrected chi connectivity index (χ2v) is 6.84. The van der Waals surface area contributed by atoms with Gasteiger partial charge >= 0.3 is 0 Å². The summed E-state index contributed by atoms with van der Waals surface area (Å²) >= 11 is 0. The molecular weight excluding hydrogens is 354 g/mol. The van der Waals surface area contributed by atoms with Gasteiger partial charge in [-0.25, -0.2) is 9.97 Å². The van der Waals surface area contributed by atoms with Crippen LogP contribution in [0, 0.1) is 0 Å². The number of methoxy groups -OCH3 is 1. The van der Waals surface area contributed by atoms with Gasteiger partial charge in [-0.05, 0) is 56.0 Å². The second-order valence-electron chi connectivity index (χ2n) is 6.84. The quantitative estimate of drug-likeness (QED) is 0.558. The highest BCUT2D eigenvalue weighted by molar-refractivity contribution is 5.42. The number of hydrogen-bond donors (Lipinski definition) is 0. The summed E-state index contributed by atoms with van der Waals surface area (Å²) in [5.41, 5.74) is 0. The van der Waals surface area contributed by atoms with Gasteiger partial charge in [-0.2, -0.15) is 4.98 Å². The van der Waals surface area contributed by atoms with E-state index >= 15 is 0 Å². The lowest BCUT2D eigenvalue weighted by atomic mass is 10.1. The zero-order valence-electron chi connectivity index (χ0n) is 16.1. The van der Waals surface area contributed by atoms with E-state index in [-0.39, 0.29) is 0 Å². The minimum Gasteiger partial charge on any atom is -0.497 e. The highest BCUT2D eigenvalue weighted by atomic mass is 16.5. The van der Waals surface area contributed by atoms with Crippen molar-refractivity contribution in [3.63, 3.8) is 0 Å². The van der Waals surface area contributed by atoms with Crippen molar-refractivity contribution in [2.75, 3.05) is 25.2 Å². The molecule has 0 radical (unpaired) electrons. The summed E-state index contributed by atoms with van der Waals surface area (Å²) in [4.78, 5) is 15.6. The summed E-state index contributed by atoms with van der Waals surface area (Å²) in [5.74, 6) is 3.36. The third-order valence-electron chi connectivity index (χ3n) is 5.04. The first-order valence-electron chi connectivity index (χ1n) is 9.68. The van der Waals surface area contributed by atoms with Crippen LogP contribution in [0.1, 0.15) is 25.7 Å². The number of anilines is 1. The first kappa shape index (κ1) is 18.3. The van der Waals surface area contributed by atoms with E-state index in [9.17, 15) is 0 Å². The molecule has 3 aromatic rings. The Labute approximate surface area is 165 Å². The third kappa shape index (κ3) is 4.24. The first-order chi connectivity index (χ1) is 13.8. The highest BCUT2D eigenvalue weighted by Crippen LogP contribution is 2.27. The molecule has 0 N–H and O–H groups in total. The Kier molecular flexibility index (Phi) is 5.70. The van der Waals surface area contributed by atoms with Gasteiger partial charge in [0, 0.05) is 31.2 Å². The van der Waals surface area contributed by atoms with Crippen LogP contribution in [0.4, 0.5) is 5.82 Å². The van der Waals surface area contributed by atoms with Gasteiger partial charge in [-0.3, -0.25) is 4.57 Å². The van der Waals surface area contributed by atoms with Crippen molar-refractivity contribution in [1.82, 2.24) is 19.5 Å². The lowest BCUT2D eigenvalue weighted by Crippen LogP contribution is -2.30. The molecule has 0 aliphatic carbocycles. The minimum atomic E-state index is 0.491. The Balaban J connectivity index is 1.32. The van der Waals surface area contributed by atoms with E-state index in [0.717, 1.165) is 36.7 Å². The number of ether oxygens (including phenoxy) is 2. The average molecular weight is 379 g/mol. The third-order valence-corrected chi connectivity index (χ3v) is 5.04. The number of aromatic nitrogens is 4. The molecular formula is C21H25N5O2. The summed E-state index contributed by atoms with van der Waals surface area (Å²) in [7, 11) is 1.67. The van der Waals surface area contributed by atoms with Gasteiger partial charge in [-0.15, -0.1) is 0 Å². The first-order valence-corrected chi connectivity index (χ1v) is 9.68. The largest absolute Gasteiger partial charge is 0.497 e. The van der Waals surface area contributed by atoms with Gasteiger partial charge in [0.15, 0.2) is 0 Å². The van der Waals surface area contributed by atoms with Crippen LogP contribution in [0.25, 0.3) is 5.95 Å². The van der Waals surface area contributed by atoms with Crippen molar-refractivity contribution < 1.29 is 9.47 Å². The fraction of sp³-hybridized carbons (Fsp3) is 0.381. The maximum absolute atomic E-state index is 5.86. The molecule has 0 spiro atoms. The molecule has 0 saturated carbocycles. The molecule has 4 rings (SSSR count). The van der Waals surface area contributed by atoms with E-state index in [0.29, 0.717) is 18.6 Å². The van der Waals surface area contributed by atoms with E-state index in [2.05, 4.69) is 14.9 Å². The van der Waals surface area contributed by atoms with Gasteiger partial charge in [-0.1, -0.05) is 0 Å². The van der Waals surface area contributed by atoms with Crippen LogP contribution >= 0.6 is 0 Å². The van der Waals surface area contributed by atoms with Crippen LogP contribution in [-0.2, 0) is 0 Å². The number of rotatable bonds is 8. The normalized spacial score (nSPS) is 16.3. The molecule has 3 heterocycles. The van der Waals surface area contributed by atoms with E-state index in [1.165, 1.54) is 12.8 Å². The van der Waals surface area contributed by atoms with Gasteiger partial charge in [0.2, 0.25) is 5.95 Å². The number of imidazole rings is 1. The van der Waals surface area contributed by atoms with Crippen LogP contribution in [0.15, 0.2) is 55.2 Å². The number of hydrogen-bond acceptors (Lipinski definition) is 6. The molecule has 1 fully saturated rings. The Hall–Kier alpha value is -3.09. The standard InChI is InChI=1S/C21H25N5O2/c1-27-18-6-8-19(9-7-18)28-15-3-5-17-4-2-13-26(17)20-10-11-23-21(24-20)25-14-12-22-16-25/h6-12,14,16-17H,2-5,13,15H2,1H3. The van der Waals surface area contributed by atoms with Gasteiger partial charge in [0.25, 0.3) is 0 Å². The van der Waals surface area contributed by atoms with Gasteiger partial charge < -0.3 is 14.4 Å². The van der Waals surface area contributed by atoms with Gasteiger partial charge in [0.1, 0.15) is 23.6 Å². The van der Waals surface area contributed by atoms with E-state index in [1.807, 2.05) is 47.3 Å². The smallest absolute Gasteiger partial charge is 0.236 e. The Morgan fingerprint density at radius 1 is 1.11 bits per heavy atom. The van der Waals surface area contributed by atoms with Crippen molar-refractivity contribution in [1.29, 1.82) is 0 Å². The number of nitrogens with zero attached hydrogens (tertiary/aromatic N) is 5. The van der Waals surface area contributed by atoms with E-state index in [1.54, 1.807) is 19.6 Å². The van der Waals surface area contributed by atoms with Crippen molar-refractivity contribution in [3.05, 3.63) is 55.2 Å². The molecule has 7 heteroatoms. The summed E-state index contributed by atoms with van der Waals surface area (Å²) in [5, 5.41) is 0. The van der Waals surface area contributed by atoms with Crippen LogP contribution in [-0.4, -0.2) is 45.8 Å². The highest BCUT2D eigenvalue weighted by Gasteiger charge is 2.25. The molecule has 7 nitrogen and oxygen atoms in total. The molecule has 1 atom stereocenters. The molecule has 146 valence electrons. The van der Waals surface area contributed by atoms with Crippen LogP contribution in [0.3, 0.4) is 0 Å². The van der Waals surface area contributed by atoms with Crippen molar-refractivity contribution in [2.24, 2.45) is 0 Å². The zero-order valence-corrected chi connectivity index (χ0v) is 16.1. The molecule has 2 aromatic heterocycles. The molecule has 1 unspecified atom stereocenters. The topological polar surface area (TPSA) is 65.3 Å². The Morgan fingerprint density at radius 3 is 2.75 bits per heavy atom. The molecule has 1 aliphatic heterocycles. The number of benzene rings is 1. The fourth-order valence-corrected chi connectivity index (χ4v) is 3.62. The van der Waals surface area contributed by atoms with Gasteiger partial charge in [0.05, 0.1) is 13.7 Å². The summed E-state index contributed by atoms with van der Waals surface area (Å²) in [6.45, 7) is 1.74.